The predicted octanol–water partition coefficient (Wildman–Crippen LogP) is 1.05. The minimum Gasteiger partial charge on any atom is -0.305 e. The molecule has 0 atom stereocenters. The zero-order chi connectivity index (χ0) is 6.53. The molecule has 48 valence electrons. The van der Waals surface area contributed by atoms with Gasteiger partial charge in [-0.3, -0.25) is 0 Å². The van der Waals surface area contributed by atoms with Crippen molar-refractivity contribution in [2.24, 2.45) is 22.1 Å². The molecule has 0 amide bonds. The van der Waals surface area contributed by atoms with E-state index in [0.29, 0.717) is 12.5 Å². The highest BCUT2D eigenvalue weighted by atomic mass is 15.3. The van der Waals surface area contributed by atoms with E-state index in [2.05, 4.69) is 22.5 Å². The van der Waals surface area contributed by atoms with Crippen molar-refractivity contribution in [3.63, 3.8) is 0 Å². The molecule has 3 heteroatoms. The molecule has 0 heterocycles. The highest BCUT2D eigenvalue weighted by molar-refractivity contribution is 5.17. The van der Waals surface area contributed by atoms with E-state index in [0.717, 1.165) is 0 Å². The van der Waals surface area contributed by atoms with Gasteiger partial charge < -0.3 is 5.84 Å². The van der Waals surface area contributed by atoms with E-state index in [9.17, 15) is 0 Å². The van der Waals surface area contributed by atoms with Crippen molar-refractivity contribution in [3.05, 3.63) is 24.3 Å². The monoisotopic (exact) mass is 123 g/mol. The summed E-state index contributed by atoms with van der Waals surface area (Å²) in [7, 11) is 0. The van der Waals surface area contributed by atoms with Gasteiger partial charge in [0.25, 0.3) is 0 Å². The summed E-state index contributed by atoms with van der Waals surface area (Å²) < 4.78 is 0. The molecule has 0 spiro atoms. The van der Waals surface area contributed by atoms with Crippen LogP contribution in [0.1, 0.15) is 0 Å². The van der Waals surface area contributed by atoms with Gasteiger partial charge in [0.1, 0.15) is 0 Å². The summed E-state index contributed by atoms with van der Waals surface area (Å²) in [6, 6.07) is 0. The third-order valence-electron chi connectivity index (χ3n) is 1.20. The second kappa shape index (κ2) is 3.02. The normalized spacial score (nSPS) is 18.2. The number of hydrogen-bond donors (Lipinski definition) is 1. The lowest BCUT2D eigenvalue weighted by atomic mass is 10.2. The van der Waals surface area contributed by atoms with Crippen LogP contribution in [-0.2, 0) is 0 Å². The lowest BCUT2D eigenvalue weighted by Gasteiger charge is -1.94. The van der Waals surface area contributed by atoms with E-state index in [-0.39, 0.29) is 0 Å². The second-order valence-electron chi connectivity index (χ2n) is 1.87. The molecule has 1 aliphatic carbocycles. The molecule has 0 aromatic carbocycles. The van der Waals surface area contributed by atoms with Crippen LogP contribution in [0.25, 0.3) is 0 Å². The molecule has 0 radical (unpaired) electrons. The number of nitrogens with zero attached hydrogens (tertiary/aromatic N) is 2. The van der Waals surface area contributed by atoms with Gasteiger partial charge in [-0.2, -0.15) is 5.11 Å². The zero-order valence-electron chi connectivity index (χ0n) is 5.07. The molecule has 0 aliphatic heterocycles. The summed E-state index contributed by atoms with van der Waals surface area (Å²) in [5.74, 6) is 5.23. The quantitative estimate of drug-likeness (QED) is 0.333. The molecular formula is C6H9N3. The Balaban J connectivity index is 2.29. The average Bonchev–Trinajstić information content (AvgIpc) is 2.34. The van der Waals surface area contributed by atoms with Gasteiger partial charge >= 0.3 is 0 Å². The average molecular weight is 123 g/mol. The molecule has 1 aliphatic rings. The van der Waals surface area contributed by atoms with Crippen molar-refractivity contribution in [3.8, 4) is 0 Å². The molecule has 0 fully saturated rings. The van der Waals surface area contributed by atoms with Crippen LogP contribution in [-0.4, -0.2) is 6.54 Å². The number of rotatable bonds is 2. The predicted molar refractivity (Wildman–Crippen MR) is 35.7 cm³/mol. The van der Waals surface area contributed by atoms with Crippen LogP contribution in [0.4, 0.5) is 0 Å². The van der Waals surface area contributed by atoms with Gasteiger partial charge in [-0.05, 0) is 0 Å². The first-order chi connectivity index (χ1) is 4.43. The van der Waals surface area contributed by atoms with E-state index >= 15 is 0 Å². The Kier molecular flexibility index (Phi) is 2.01. The number of hydrogen-bond acceptors (Lipinski definition) is 2. The van der Waals surface area contributed by atoms with E-state index in [4.69, 9.17) is 5.84 Å². The maximum Gasteiger partial charge on any atom is 0.0717 e. The summed E-state index contributed by atoms with van der Waals surface area (Å²) in [6.07, 6.45) is 8.12. The van der Waals surface area contributed by atoms with E-state index < -0.39 is 0 Å². The molecule has 2 N–H and O–H groups in total. The summed E-state index contributed by atoms with van der Waals surface area (Å²) in [5, 5.41) is 6.81. The Hall–Kier alpha value is -1.12. The van der Waals surface area contributed by atoms with Crippen molar-refractivity contribution in [2.75, 3.05) is 6.54 Å². The van der Waals surface area contributed by atoms with Crippen LogP contribution in [0.15, 0.2) is 34.6 Å². The van der Waals surface area contributed by atoms with Crippen LogP contribution in [0, 0.1) is 5.92 Å². The van der Waals surface area contributed by atoms with Crippen LogP contribution >= 0.6 is 0 Å². The molecule has 0 aromatic rings. The Bertz CT molecular complexity index is 146. The van der Waals surface area contributed by atoms with Crippen molar-refractivity contribution < 1.29 is 0 Å². The summed E-state index contributed by atoms with van der Waals surface area (Å²) in [6.45, 7) is 0.670. The Morgan fingerprint density at radius 2 is 2.00 bits per heavy atom. The van der Waals surface area contributed by atoms with Gasteiger partial charge in [0, 0.05) is 5.92 Å². The zero-order valence-corrected chi connectivity index (χ0v) is 5.07. The van der Waals surface area contributed by atoms with Crippen LogP contribution < -0.4 is 5.84 Å². The minimum atomic E-state index is 0.414. The number of allylic oxidation sites excluding steroid dienone is 2. The lowest BCUT2D eigenvalue weighted by molar-refractivity contribution is 0.771. The molecule has 0 aromatic heterocycles. The largest absolute Gasteiger partial charge is 0.305 e. The van der Waals surface area contributed by atoms with Crippen LogP contribution in [0.3, 0.4) is 0 Å². The molecular weight excluding hydrogens is 114 g/mol. The smallest absolute Gasteiger partial charge is 0.0717 e. The first-order valence-corrected chi connectivity index (χ1v) is 2.85. The van der Waals surface area contributed by atoms with Gasteiger partial charge in [0.05, 0.1) is 6.54 Å². The first-order valence-electron chi connectivity index (χ1n) is 2.85. The third kappa shape index (κ3) is 1.68. The van der Waals surface area contributed by atoms with Gasteiger partial charge in [-0.25, -0.2) is 0 Å². The van der Waals surface area contributed by atoms with Crippen LogP contribution in [0.5, 0.6) is 0 Å². The van der Waals surface area contributed by atoms with Crippen molar-refractivity contribution in [1.82, 2.24) is 0 Å². The second-order valence-corrected chi connectivity index (χ2v) is 1.87. The van der Waals surface area contributed by atoms with Crippen molar-refractivity contribution in [2.45, 2.75) is 0 Å². The standard InChI is InChI=1S/C6H9N3/c7-9-8-5-6-3-1-2-4-6/h1-4,6H,5H2,(H2,7,8). The molecule has 0 saturated heterocycles. The summed E-state index contributed by atoms with van der Waals surface area (Å²) >= 11 is 0. The first kappa shape index (κ1) is 6.01. The van der Waals surface area contributed by atoms with Crippen molar-refractivity contribution >= 4 is 0 Å². The highest BCUT2D eigenvalue weighted by Crippen LogP contribution is 2.07. The topological polar surface area (TPSA) is 50.7 Å². The van der Waals surface area contributed by atoms with Gasteiger partial charge in [-0.1, -0.05) is 29.5 Å². The number of nitrogens with two attached hydrogens (primary N) is 1. The van der Waals surface area contributed by atoms with Gasteiger partial charge in [0.2, 0.25) is 0 Å². The van der Waals surface area contributed by atoms with E-state index in [1.165, 1.54) is 0 Å². The van der Waals surface area contributed by atoms with Gasteiger partial charge in [-0.15, -0.1) is 0 Å². The Labute approximate surface area is 53.9 Å². The molecule has 0 bridgehead atoms. The molecule has 0 saturated carbocycles. The fraction of sp³-hybridized carbons (Fsp3) is 0.333. The van der Waals surface area contributed by atoms with Gasteiger partial charge in [0.15, 0.2) is 0 Å². The van der Waals surface area contributed by atoms with E-state index in [1.807, 2.05) is 12.2 Å². The highest BCUT2D eigenvalue weighted by Gasteiger charge is 2.00. The Morgan fingerprint density at radius 1 is 1.33 bits per heavy atom. The third-order valence-corrected chi connectivity index (χ3v) is 1.20. The van der Waals surface area contributed by atoms with E-state index in [1.54, 1.807) is 0 Å². The fourth-order valence-corrected chi connectivity index (χ4v) is 0.741. The molecule has 0 unspecified atom stereocenters. The van der Waals surface area contributed by atoms with Crippen molar-refractivity contribution in [1.29, 1.82) is 0 Å². The Morgan fingerprint density at radius 3 is 2.56 bits per heavy atom. The molecule has 3 nitrogen and oxygen atoms in total. The maximum atomic E-state index is 4.82. The fourth-order valence-electron chi connectivity index (χ4n) is 0.741. The van der Waals surface area contributed by atoms with Crippen LogP contribution in [0.2, 0.25) is 0 Å². The SMILES string of the molecule is NN=NCC1C=CC=C1. The maximum absolute atomic E-state index is 4.82. The minimum absolute atomic E-state index is 0.414. The summed E-state index contributed by atoms with van der Waals surface area (Å²) in [4.78, 5) is 0. The molecule has 9 heavy (non-hydrogen) atoms. The molecule has 1 rings (SSSR count). The lowest BCUT2D eigenvalue weighted by Crippen LogP contribution is -1.93. The summed E-state index contributed by atoms with van der Waals surface area (Å²) in [5.41, 5.74) is 0.